The molecule has 1 aromatic heterocycles. The van der Waals surface area contributed by atoms with Crippen LogP contribution in [0.1, 0.15) is 36.5 Å². The minimum Gasteiger partial charge on any atom is -0.342 e. The van der Waals surface area contributed by atoms with Crippen LogP contribution in [-0.2, 0) is 21.8 Å². The van der Waals surface area contributed by atoms with Crippen molar-refractivity contribution in [2.24, 2.45) is 0 Å². The molecule has 3 aromatic rings. The fraction of sp³-hybridized carbons (Fsp3) is 0.304. The van der Waals surface area contributed by atoms with Crippen molar-refractivity contribution in [1.29, 1.82) is 10.5 Å². The molecule has 4 rings (SSSR count). The third-order valence-corrected chi connectivity index (χ3v) is 7.39. The van der Waals surface area contributed by atoms with Crippen molar-refractivity contribution < 1.29 is 9.47 Å². The van der Waals surface area contributed by atoms with Crippen molar-refractivity contribution in [3.8, 4) is 12.1 Å². The largest absolute Gasteiger partial charge is 0.342 e. The second kappa shape index (κ2) is 12.6. The summed E-state index contributed by atoms with van der Waals surface area (Å²) in [6.45, 7) is 3.03. The summed E-state index contributed by atoms with van der Waals surface area (Å²) < 4.78 is 14.0. The first-order valence-corrected chi connectivity index (χ1v) is 12.7. The van der Waals surface area contributed by atoms with Gasteiger partial charge in [-0.05, 0) is 18.6 Å². The van der Waals surface area contributed by atoms with E-state index in [1.54, 1.807) is 35.3 Å². The Kier molecular flexibility index (Phi) is 10.1. The maximum atomic E-state index is 8.70. The van der Waals surface area contributed by atoms with Gasteiger partial charge in [0.05, 0.1) is 49.0 Å². The SMILES string of the molecule is CCCC1COC(Cn2cncn2)(c2ccc(Cl)cc2Cl)O1.N#Cc1c(Cl)c(Cl)c(Cl)c(C#N)c1Cl. The van der Waals surface area contributed by atoms with Gasteiger partial charge in [0.1, 0.15) is 31.3 Å². The Balaban J connectivity index is 0.000000223. The molecule has 0 saturated carbocycles. The molecule has 2 unspecified atom stereocenters. The molecule has 1 aliphatic rings. The van der Waals surface area contributed by atoms with Gasteiger partial charge in [0, 0.05) is 10.6 Å². The molecule has 1 aliphatic heterocycles. The molecule has 36 heavy (non-hydrogen) atoms. The Morgan fingerprint density at radius 2 is 1.69 bits per heavy atom. The Labute approximate surface area is 237 Å². The number of nitriles is 2. The molecule has 1 saturated heterocycles. The lowest BCUT2D eigenvalue weighted by molar-refractivity contribution is -0.189. The first kappa shape index (κ1) is 28.8. The molecule has 0 spiro atoms. The Bertz CT molecular complexity index is 1280. The van der Waals surface area contributed by atoms with E-state index >= 15 is 0 Å². The van der Waals surface area contributed by atoms with Crippen LogP contribution in [0.3, 0.4) is 0 Å². The van der Waals surface area contributed by atoms with Gasteiger partial charge in [-0.15, -0.1) is 0 Å². The van der Waals surface area contributed by atoms with E-state index in [9.17, 15) is 0 Å². The second-order valence-electron chi connectivity index (χ2n) is 7.54. The Morgan fingerprint density at radius 1 is 1.03 bits per heavy atom. The number of aromatic nitrogens is 3. The first-order chi connectivity index (χ1) is 17.2. The van der Waals surface area contributed by atoms with Crippen LogP contribution in [0.2, 0.25) is 30.1 Å². The Morgan fingerprint density at radius 3 is 2.22 bits per heavy atom. The van der Waals surface area contributed by atoms with Crippen LogP contribution >= 0.6 is 69.6 Å². The third kappa shape index (κ3) is 6.19. The molecule has 0 radical (unpaired) electrons. The van der Waals surface area contributed by atoms with Crippen LogP contribution in [0.5, 0.6) is 0 Å². The normalized spacial score (nSPS) is 18.8. The number of hydrogen-bond donors (Lipinski definition) is 0. The van der Waals surface area contributed by atoms with E-state index in [1.165, 1.54) is 6.33 Å². The van der Waals surface area contributed by atoms with Crippen LogP contribution < -0.4 is 0 Å². The molecule has 0 bridgehead atoms. The van der Waals surface area contributed by atoms with E-state index in [-0.39, 0.29) is 37.3 Å². The standard InChI is InChI=1S/C15H17Cl2N3O2.C8Cl4N2/c1-2-3-12-7-21-15(22-12,8-20-10-18-9-19-20)13-5-4-11(16)6-14(13)17;9-5-3(1-13)6(10)8(12)7(11)4(5)2-14/h4-6,9-10,12H,2-3,7-8H2,1H3;. The molecular weight excluding hydrogens is 591 g/mol. The van der Waals surface area contributed by atoms with Gasteiger partial charge in [-0.1, -0.05) is 89.0 Å². The molecule has 7 nitrogen and oxygen atoms in total. The van der Waals surface area contributed by atoms with Crippen LogP contribution in [0, 0.1) is 22.7 Å². The van der Waals surface area contributed by atoms with E-state index in [1.807, 2.05) is 6.07 Å². The third-order valence-electron chi connectivity index (χ3n) is 5.14. The van der Waals surface area contributed by atoms with E-state index in [0.29, 0.717) is 23.2 Å². The van der Waals surface area contributed by atoms with Gasteiger partial charge in [-0.25, -0.2) is 9.67 Å². The van der Waals surface area contributed by atoms with Crippen molar-refractivity contribution in [2.75, 3.05) is 6.61 Å². The number of hydrogen-bond acceptors (Lipinski definition) is 6. The van der Waals surface area contributed by atoms with Gasteiger partial charge in [-0.3, -0.25) is 0 Å². The van der Waals surface area contributed by atoms with Gasteiger partial charge >= 0.3 is 0 Å². The maximum absolute atomic E-state index is 8.70. The zero-order valence-electron chi connectivity index (χ0n) is 18.6. The summed E-state index contributed by atoms with van der Waals surface area (Å²) in [7, 11) is 0. The fourth-order valence-corrected chi connectivity index (χ4v) is 5.12. The lowest BCUT2D eigenvalue weighted by Crippen LogP contribution is -2.34. The minimum absolute atomic E-state index is 0.0363. The molecule has 1 fully saturated rings. The molecule has 0 aliphatic carbocycles. The summed E-state index contributed by atoms with van der Waals surface area (Å²) in [5.41, 5.74) is 0.672. The summed E-state index contributed by atoms with van der Waals surface area (Å²) in [4.78, 5) is 3.97. The number of halogens is 6. The highest BCUT2D eigenvalue weighted by atomic mass is 35.5. The van der Waals surface area contributed by atoms with Crippen LogP contribution in [0.4, 0.5) is 0 Å². The molecular formula is C23H17Cl6N5O2. The lowest BCUT2D eigenvalue weighted by Gasteiger charge is -2.29. The smallest absolute Gasteiger partial charge is 0.217 e. The summed E-state index contributed by atoms with van der Waals surface area (Å²) in [6, 6.07) is 8.82. The predicted molar refractivity (Wildman–Crippen MR) is 140 cm³/mol. The Hall–Kier alpha value is -1.78. The zero-order chi connectivity index (χ0) is 26.5. The van der Waals surface area contributed by atoms with E-state index in [2.05, 4.69) is 17.0 Å². The van der Waals surface area contributed by atoms with Gasteiger partial charge in [0.25, 0.3) is 0 Å². The number of rotatable bonds is 5. The molecule has 2 atom stereocenters. The number of benzene rings is 2. The fourth-order valence-electron chi connectivity index (χ4n) is 3.49. The number of ether oxygens (including phenoxy) is 2. The molecule has 2 heterocycles. The second-order valence-corrected chi connectivity index (χ2v) is 9.89. The van der Waals surface area contributed by atoms with E-state index in [4.69, 9.17) is 89.6 Å². The topological polar surface area (TPSA) is 96.8 Å². The van der Waals surface area contributed by atoms with Crippen molar-refractivity contribution in [1.82, 2.24) is 14.8 Å². The van der Waals surface area contributed by atoms with Crippen molar-refractivity contribution in [3.63, 3.8) is 0 Å². The highest BCUT2D eigenvalue weighted by Gasteiger charge is 2.45. The monoisotopic (exact) mass is 605 g/mol. The maximum Gasteiger partial charge on any atom is 0.217 e. The van der Waals surface area contributed by atoms with Crippen LogP contribution in [0.15, 0.2) is 30.9 Å². The van der Waals surface area contributed by atoms with Crippen LogP contribution in [-0.4, -0.2) is 27.5 Å². The highest BCUT2D eigenvalue weighted by Crippen LogP contribution is 2.42. The van der Waals surface area contributed by atoms with Gasteiger partial charge in [0.2, 0.25) is 5.79 Å². The molecule has 0 amide bonds. The quantitative estimate of drug-likeness (QED) is 0.218. The molecule has 0 N–H and O–H groups in total. The summed E-state index contributed by atoms with van der Waals surface area (Å²) in [6.07, 6.45) is 5.12. The van der Waals surface area contributed by atoms with E-state index < -0.39 is 5.79 Å². The zero-order valence-corrected chi connectivity index (χ0v) is 23.1. The van der Waals surface area contributed by atoms with Gasteiger partial charge in [-0.2, -0.15) is 15.6 Å². The van der Waals surface area contributed by atoms with Crippen molar-refractivity contribution in [3.05, 3.63) is 77.7 Å². The minimum atomic E-state index is -0.963. The molecule has 188 valence electrons. The highest BCUT2D eigenvalue weighted by molar-refractivity contribution is 6.50. The first-order valence-electron chi connectivity index (χ1n) is 10.4. The summed E-state index contributed by atoms with van der Waals surface area (Å²) in [5, 5.41) is 22.5. The van der Waals surface area contributed by atoms with Crippen molar-refractivity contribution in [2.45, 2.75) is 38.2 Å². The lowest BCUT2D eigenvalue weighted by atomic mass is 10.1. The van der Waals surface area contributed by atoms with Gasteiger partial charge in [0.15, 0.2) is 0 Å². The average Bonchev–Trinajstić information content (AvgIpc) is 3.50. The van der Waals surface area contributed by atoms with Crippen LogP contribution in [0.25, 0.3) is 0 Å². The molecule has 13 heteroatoms. The average molecular weight is 608 g/mol. The van der Waals surface area contributed by atoms with Crippen molar-refractivity contribution >= 4 is 69.6 Å². The summed E-state index contributed by atoms with van der Waals surface area (Å²) in [5.74, 6) is -0.963. The van der Waals surface area contributed by atoms with Gasteiger partial charge < -0.3 is 9.47 Å². The number of nitrogens with zero attached hydrogens (tertiary/aromatic N) is 5. The predicted octanol–water partition coefficient (Wildman–Crippen LogP) is 7.70. The molecule has 2 aromatic carbocycles. The van der Waals surface area contributed by atoms with E-state index in [0.717, 1.165) is 18.4 Å². The summed E-state index contributed by atoms with van der Waals surface area (Å²) >= 11 is 35.2.